The van der Waals surface area contributed by atoms with E-state index in [1.807, 2.05) is 12.1 Å². The quantitative estimate of drug-likeness (QED) is 0.726. The fourth-order valence-electron chi connectivity index (χ4n) is 1.64. The molecule has 82 valence electrons. The second-order valence-corrected chi connectivity index (χ2v) is 3.29. The largest absolute Gasteiger partial charge is 0.449 e. The van der Waals surface area contributed by atoms with Crippen molar-refractivity contribution in [3.05, 3.63) is 36.0 Å². The number of para-hydroxylation sites is 1. The lowest BCUT2D eigenvalue weighted by Gasteiger charge is -2.02. The molecule has 0 saturated heterocycles. The first-order valence-electron chi connectivity index (χ1n) is 5.00. The first-order chi connectivity index (χ1) is 7.77. The van der Waals surface area contributed by atoms with Crippen molar-refractivity contribution in [1.29, 1.82) is 0 Å². The molecule has 16 heavy (non-hydrogen) atoms. The summed E-state index contributed by atoms with van der Waals surface area (Å²) in [5.74, 6) is 0. The Morgan fingerprint density at radius 1 is 1.44 bits per heavy atom. The van der Waals surface area contributed by atoms with Gasteiger partial charge in [0, 0.05) is 17.1 Å². The summed E-state index contributed by atoms with van der Waals surface area (Å²) in [6.07, 6.45) is 1.76. The fourth-order valence-corrected chi connectivity index (χ4v) is 1.64. The number of ether oxygens (including phenoxy) is 1. The molecule has 2 rings (SSSR count). The van der Waals surface area contributed by atoms with Gasteiger partial charge in [-0.05, 0) is 13.0 Å². The van der Waals surface area contributed by atoms with Gasteiger partial charge in [0.1, 0.15) is 0 Å². The van der Waals surface area contributed by atoms with Crippen LogP contribution in [0.3, 0.4) is 0 Å². The molecule has 0 atom stereocenters. The van der Waals surface area contributed by atoms with Crippen LogP contribution >= 0.6 is 0 Å². The summed E-state index contributed by atoms with van der Waals surface area (Å²) in [6.45, 7) is 2.05. The maximum atomic E-state index is 11.6. The van der Waals surface area contributed by atoms with Crippen molar-refractivity contribution < 1.29 is 14.3 Å². The van der Waals surface area contributed by atoms with Crippen molar-refractivity contribution in [1.82, 2.24) is 4.57 Å². The number of rotatable bonds is 2. The topological polar surface area (TPSA) is 48.3 Å². The van der Waals surface area contributed by atoms with Gasteiger partial charge in [-0.3, -0.25) is 9.36 Å². The molecule has 0 aliphatic heterocycles. The molecule has 0 aliphatic rings. The number of nitrogens with zero attached hydrogens (tertiary/aromatic N) is 1. The molecule has 0 bridgehead atoms. The lowest BCUT2D eigenvalue weighted by Crippen LogP contribution is -2.12. The molecule has 0 fully saturated rings. The number of aldehydes is 1. The van der Waals surface area contributed by atoms with E-state index in [-0.39, 0.29) is 0 Å². The van der Waals surface area contributed by atoms with Crippen molar-refractivity contribution in [2.24, 2.45) is 0 Å². The third kappa shape index (κ3) is 1.58. The second kappa shape index (κ2) is 4.18. The SMILES string of the molecule is CCOC(=O)n1cc(C=O)c2ccccc21. The molecule has 1 heterocycles. The minimum absolute atomic E-state index is 0.307. The molecule has 1 aromatic carbocycles. The van der Waals surface area contributed by atoms with Crippen LogP contribution in [0.1, 0.15) is 17.3 Å². The standard InChI is InChI=1S/C12H11NO3/c1-2-16-12(15)13-7-9(8-14)10-5-3-4-6-11(10)13/h3-8H,2H2,1H3. The first kappa shape index (κ1) is 10.4. The Kier molecular flexibility index (Phi) is 2.72. The van der Waals surface area contributed by atoms with Gasteiger partial charge in [-0.2, -0.15) is 0 Å². The average Bonchev–Trinajstić information content (AvgIpc) is 2.68. The summed E-state index contributed by atoms with van der Waals surface area (Å²) < 4.78 is 6.25. The smallest absolute Gasteiger partial charge is 0.418 e. The van der Waals surface area contributed by atoms with Crippen molar-refractivity contribution in [3.8, 4) is 0 Å². The van der Waals surface area contributed by atoms with E-state index in [2.05, 4.69) is 0 Å². The summed E-state index contributed by atoms with van der Waals surface area (Å²) in [7, 11) is 0. The Balaban J connectivity index is 2.61. The molecule has 2 aromatic rings. The van der Waals surface area contributed by atoms with Gasteiger partial charge in [-0.15, -0.1) is 0 Å². The maximum absolute atomic E-state index is 11.6. The first-order valence-corrected chi connectivity index (χ1v) is 5.00. The summed E-state index contributed by atoms with van der Waals surface area (Å²) in [5.41, 5.74) is 1.17. The van der Waals surface area contributed by atoms with Gasteiger partial charge in [0.15, 0.2) is 6.29 Å². The van der Waals surface area contributed by atoms with Crippen LogP contribution in [0.2, 0.25) is 0 Å². The van der Waals surface area contributed by atoms with Gasteiger partial charge >= 0.3 is 6.09 Å². The van der Waals surface area contributed by atoms with Crippen LogP contribution < -0.4 is 0 Å². The van der Waals surface area contributed by atoms with Gasteiger partial charge in [0.25, 0.3) is 0 Å². The predicted octanol–water partition coefficient (Wildman–Crippen LogP) is 2.46. The van der Waals surface area contributed by atoms with Crippen LogP contribution in [-0.4, -0.2) is 23.6 Å². The van der Waals surface area contributed by atoms with E-state index in [1.165, 1.54) is 10.8 Å². The normalized spacial score (nSPS) is 10.3. The van der Waals surface area contributed by atoms with Crippen LogP contribution in [0.5, 0.6) is 0 Å². The Labute approximate surface area is 92.4 Å². The average molecular weight is 217 g/mol. The maximum Gasteiger partial charge on any atom is 0.418 e. The van der Waals surface area contributed by atoms with Crippen LogP contribution in [-0.2, 0) is 4.74 Å². The third-order valence-electron chi connectivity index (χ3n) is 2.33. The number of hydrogen-bond acceptors (Lipinski definition) is 3. The molecular weight excluding hydrogens is 206 g/mol. The Morgan fingerprint density at radius 2 is 2.19 bits per heavy atom. The molecule has 4 heteroatoms. The molecule has 0 spiro atoms. The molecule has 0 aliphatic carbocycles. The highest BCUT2D eigenvalue weighted by atomic mass is 16.5. The van der Waals surface area contributed by atoms with Crippen molar-refractivity contribution in [3.63, 3.8) is 0 Å². The van der Waals surface area contributed by atoms with Crippen molar-refractivity contribution in [2.75, 3.05) is 6.61 Å². The minimum atomic E-state index is -0.466. The highest BCUT2D eigenvalue weighted by Gasteiger charge is 2.12. The highest BCUT2D eigenvalue weighted by molar-refractivity contribution is 6.01. The molecular formula is C12H11NO3. The second-order valence-electron chi connectivity index (χ2n) is 3.29. The molecule has 0 amide bonds. The molecule has 0 unspecified atom stereocenters. The molecule has 4 nitrogen and oxygen atoms in total. The van der Waals surface area contributed by atoms with Crippen LogP contribution in [0.25, 0.3) is 10.9 Å². The van der Waals surface area contributed by atoms with E-state index in [4.69, 9.17) is 4.74 Å². The Morgan fingerprint density at radius 3 is 2.88 bits per heavy atom. The zero-order valence-electron chi connectivity index (χ0n) is 8.84. The van der Waals surface area contributed by atoms with Crippen molar-refractivity contribution >= 4 is 23.3 Å². The third-order valence-corrected chi connectivity index (χ3v) is 2.33. The lowest BCUT2D eigenvalue weighted by atomic mass is 10.2. The summed E-state index contributed by atoms with van der Waals surface area (Å²) in [5, 5.41) is 0.755. The van der Waals surface area contributed by atoms with E-state index in [9.17, 15) is 9.59 Å². The highest BCUT2D eigenvalue weighted by Crippen LogP contribution is 2.19. The molecule has 1 aromatic heterocycles. The van der Waals surface area contributed by atoms with E-state index >= 15 is 0 Å². The summed E-state index contributed by atoms with van der Waals surface area (Å²) in [6, 6.07) is 7.21. The number of hydrogen-bond donors (Lipinski definition) is 0. The number of fused-ring (bicyclic) bond motifs is 1. The fraction of sp³-hybridized carbons (Fsp3) is 0.167. The van der Waals surface area contributed by atoms with Crippen molar-refractivity contribution in [2.45, 2.75) is 6.92 Å². The van der Waals surface area contributed by atoms with Gasteiger partial charge in [-0.25, -0.2) is 4.79 Å². The van der Waals surface area contributed by atoms with E-state index in [0.717, 1.165) is 11.7 Å². The predicted molar refractivity (Wildman–Crippen MR) is 59.7 cm³/mol. The molecule has 0 N–H and O–H groups in total. The van der Waals surface area contributed by atoms with Crippen LogP contribution in [0.4, 0.5) is 4.79 Å². The van der Waals surface area contributed by atoms with Gasteiger partial charge < -0.3 is 4.74 Å². The number of benzene rings is 1. The lowest BCUT2D eigenvalue weighted by molar-refractivity contribution is 0.112. The monoisotopic (exact) mass is 217 g/mol. The van der Waals surface area contributed by atoms with E-state index < -0.39 is 6.09 Å². The van der Waals surface area contributed by atoms with E-state index in [0.29, 0.717) is 17.7 Å². The Hall–Kier alpha value is -2.10. The van der Waals surface area contributed by atoms with Gasteiger partial charge in [0.2, 0.25) is 0 Å². The minimum Gasteiger partial charge on any atom is -0.449 e. The summed E-state index contributed by atoms with van der Waals surface area (Å²) >= 11 is 0. The van der Waals surface area contributed by atoms with Crippen LogP contribution in [0, 0.1) is 0 Å². The Bertz CT molecular complexity index is 542. The summed E-state index contributed by atoms with van der Waals surface area (Å²) in [4.78, 5) is 22.5. The van der Waals surface area contributed by atoms with E-state index in [1.54, 1.807) is 19.1 Å². The number of carbonyl (C=O) groups is 2. The van der Waals surface area contributed by atoms with Gasteiger partial charge in [-0.1, -0.05) is 18.2 Å². The molecule has 0 saturated carbocycles. The van der Waals surface area contributed by atoms with Gasteiger partial charge in [0.05, 0.1) is 12.1 Å². The molecule has 0 radical (unpaired) electrons. The zero-order valence-corrected chi connectivity index (χ0v) is 8.84. The zero-order chi connectivity index (χ0) is 11.5. The van der Waals surface area contributed by atoms with Crippen LogP contribution in [0.15, 0.2) is 30.5 Å². The number of carbonyl (C=O) groups excluding carboxylic acids is 2. The number of aromatic nitrogens is 1.